The van der Waals surface area contributed by atoms with Crippen LogP contribution in [-0.2, 0) is 5.75 Å². The molecule has 1 saturated carbocycles. The Morgan fingerprint density at radius 2 is 2.30 bits per heavy atom. The predicted molar refractivity (Wildman–Crippen MR) is 68.7 cm³/mol. The quantitative estimate of drug-likeness (QED) is 0.478. The zero-order valence-corrected chi connectivity index (χ0v) is 11.1. The summed E-state index contributed by atoms with van der Waals surface area (Å²) in [5.74, 6) is -0.545. The van der Waals surface area contributed by atoms with Gasteiger partial charge in [-0.2, -0.15) is 4.39 Å². The van der Waals surface area contributed by atoms with Crippen LogP contribution in [0.5, 0.6) is 0 Å². The van der Waals surface area contributed by atoms with Gasteiger partial charge in [0.25, 0.3) is 0 Å². The van der Waals surface area contributed by atoms with Gasteiger partial charge in [-0.15, -0.1) is 5.10 Å². The van der Waals surface area contributed by atoms with Crippen molar-refractivity contribution < 1.29 is 9.31 Å². The molecule has 1 aromatic heterocycles. The first-order valence-electron chi connectivity index (χ1n) is 5.99. The summed E-state index contributed by atoms with van der Waals surface area (Å²) in [6, 6.07) is 4.49. The largest absolute Gasteiger partial charge is 0.305 e. The zero-order chi connectivity index (χ0) is 14.1. The molecule has 0 aliphatic heterocycles. The summed E-state index contributed by atoms with van der Waals surface area (Å²) in [4.78, 5) is 9.96. The first-order valence-corrected chi connectivity index (χ1v) is 6.98. The Kier molecular flexibility index (Phi) is 3.35. The van der Waals surface area contributed by atoms with Gasteiger partial charge in [0.15, 0.2) is 0 Å². The fourth-order valence-corrected chi connectivity index (χ4v) is 2.71. The van der Waals surface area contributed by atoms with Crippen LogP contribution in [0.15, 0.2) is 23.4 Å². The number of rotatable bonds is 5. The molecule has 1 aliphatic rings. The standard InChI is InChI=1S/C11H10FN5O2S/c12-10-7(2-1-3-9(10)17(18)19)6-20-11-13-14-15-16(11)8-4-5-8/h1-3,8H,4-6H2. The van der Waals surface area contributed by atoms with Gasteiger partial charge in [-0.3, -0.25) is 10.1 Å². The summed E-state index contributed by atoms with van der Waals surface area (Å²) >= 11 is 1.27. The summed E-state index contributed by atoms with van der Waals surface area (Å²) < 4.78 is 15.6. The lowest BCUT2D eigenvalue weighted by molar-refractivity contribution is -0.387. The summed E-state index contributed by atoms with van der Waals surface area (Å²) in [6.07, 6.45) is 2.09. The molecule has 0 radical (unpaired) electrons. The number of nitro groups is 1. The highest BCUT2D eigenvalue weighted by atomic mass is 32.2. The molecule has 3 rings (SSSR count). The summed E-state index contributed by atoms with van der Waals surface area (Å²) in [5.41, 5.74) is -0.237. The molecular weight excluding hydrogens is 285 g/mol. The van der Waals surface area contributed by atoms with E-state index < -0.39 is 16.4 Å². The van der Waals surface area contributed by atoms with Crippen molar-refractivity contribution in [3.8, 4) is 0 Å². The van der Waals surface area contributed by atoms with Gasteiger partial charge in [-0.1, -0.05) is 23.9 Å². The zero-order valence-electron chi connectivity index (χ0n) is 10.3. The molecule has 7 nitrogen and oxygen atoms in total. The molecule has 0 spiro atoms. The van der Waals surface area contributed by atoms with E-state index in [0.29, 0.717) is 11.2 Å². The van der Waals surface area contributed by atoms with Crippen LogP contribution >= 0.6 is 11.8 Å². The van der Waals surface area contributed by atoms with Crippen molar-refractivity contribution in [2.45, 2.75) is 29.8 Å². The highest BCUT2D eigenvalue weighted by Crippen LogP contribution is 2.37. The Morgan fingerprint density at radius 1 is 1.50 bits per heavy atom. The Labute approximate surface area is 117 Å². The number of nitrogens with zero attached hydrogens (tertiary/aromatic N) is 5. The monoisotopic (exact) mass is 295 g/mol. The third-order valence-electron chi connectivity index (χ3n) is 2.97. The molecular formula is C11H10FN5O2S. The molecule has 104 valence electrons. The summed E-state index contributed by atoms with van der Waals surface area (Å²) in [5, 5.41) is 22.7. The Morgan fingerprint density at radius 3 is 3.00 bits per heavy atom. The number of halogens is 1. The smallest absolute Gasteiger partial charge is 0.258 e. The molecule has 1 fully saturated rings. The van der Waals surface area contributed by atoms with Crippen LogP contribution < -0.4 is 0 Å². The summed E-state index contributed by atoms with van der Waals surface area (Å²) in [6.45, 7) is 0. The highest BCUT2D eigenvalue weighted by molar-refractivity contribution is 7.98. The van der Waals surface area contributed by atoms with E-state index in [1.165, 1.54) is 23.9 Å². The minimum Gasteiger partial charge on any atom is -0.258 e. The van der Waals surface area contributed by atoms with E-state index in [-0.39, 0.29) is 11.3 Å². The molecule has 0 unspecified atom stereocenters. The number of aromatic nitrogens is 4. The van der Waals surface area contributed by atoms with E-state index in [1.807, 2.05) is 0 Å². The van der Waals surface area contributed by atoms with Crippen molar-refractivity contribution in [3.63, 3.8) is 0 Å². The second-order valence-corrected chi connectivity index (χ2v) is 5.38. The van der Waals surface area contributed by atoms with Gasteiger partial charge < -0.3 is 0 Å². The van der Waals surface area contributed by atoms with Gasteiger partial charge in [-0.05, 0) is 23.3 Å². The van der Waals surface area contributed by atoms with Crippen molar-refractivity contribution in [3.05, 3.63) is 39.7 Å². The first kappa shape index (κ1) is 13.0. The van der Waals surface area contributed by atoms with Crippen molar-refractivity contribution in [2.24, 2.45) is 0 Å². The maximum absolute atomic E-state index is 13.9. The van der Waals surface area contributed by atoms with E-state index in [1.54, 1.807) is 4.68 Å². The number of hydrogen-bond acceptors (Lipinski definition) is 6. The summed E-state index contributed by atoms with van der Waals surface area (Å²) in [7, 11) is 0. The fourth-order valence-electron chi connectivity index (χ4n) is 1.79. The lowest BCUT2D eigenvalue weighted by Crippen LogP contribution is -2.00. The van der Waals surface area contributed by atoms with Gasteiger partial charge in [-0.25, -0.2) is 4.68 Å². The molecule has 0 atom stereocenters. The maximum Gasteiger partial charge on any atom is 0.305 e. The van der Waals surface area contributed by atoms with E-state index in [9.17, 15) is 14.5 Å². The van der Waals surface area contributed by atoms with Gasteiger partial charge in [0.05, 0.1) is 11.0 Å². The lowest BCUT2D eigenvalue weighted by atomic mass is 10.2. The molecule has 2 aromatic rings. The molecule has 1 heterocycles. The molecule has 0 bridgehead atoms. The third-order valence-corrected chi connectivity index (χ3v) is 3.95. The molecule has 0 N–H and O–H groups in total. The average Bonchev–Trinajstić information content (AvgIpc) is 3.16. The third kappa shape index (κ3) is 2.48. The molecule has 1 aliphatic carbocycles. The van der Waals surface area contributed by atoms with Crippen LogP contribution in [0, 0.1) is 15.9 Å². The van der Waals surface area contributed by atoms with Crippen LogP contribution in [0.2, 0.25) is 0 Å². The Hall–Kier alpha value is -2.03. The van der Waals surface area contributed by atoms with Crippen LogP contribution in [0.25, 0.3) is 0 Å². The Balaban J connectivity index is 1.76. The minimum absolute atomic E-state index is 0.251. The van der Waals surface area contributed by atoms with Crippen molar-refractivity contribution in [1.29, 1.82) is 0 Å². The molecule has 9 heteroatoms. The highest BCUT2D eigenvalue weighted by Gasteiger charge is 2.28. The van der Waals surface area contributed by atoms with Gasteiger partial charge in [0.2, 0.25) is 11.0 Å². The van der Waals surface area contributed by atoms with E-state index in [2.05, 4.69) is 15.5 Å². The number of benzene rings is 1. The van der Waals surface area contributed by atoms with Crippen LogP contribution in [0.4, 0.5) is 10.1 Å². The van der Waals surface area contributed by atoms with E-state index >= 15 is 0 Å². The topological polar surface area (TPSA) is 86.7 Å². The molecule has 0 saturated heterocycles. The Bertz CT molecular complexity index is 658. The number of tetrazole rings is 1. The molecule has 20 heavy (non-hydrogen) atoms. The normalized spacial score (nSPS) is 14.4. The molecule has 0 amide bonds. The fraction of sp³-hybridized carbons (Fsp3) is 0.364. The van der Waals surface area contributed by atoms with Crippen LogP contribution in [-0.4, -0.2) is 25.1 Å². The molecule has 1 aromatic carbocycles. The average molecular weight is 295 g/mol. The predicted octanol–water partition coefficient (Wildman–Crippen LogP) is 2.35. The SMILES string of the molecule is O=[N+]([O-])c1cccc(CSc2nnnn2C2CC2)c1F. The number of thioether (sulfide) groups is 1. The minimum atomic E-state index is -0.796. The van der Waals surface area contributed by atoms with E-state index in [0.717, 1.165) is 18.9 Å². The number of nitro benzene ring substituents is 1. The van der Waals surface area contributed by atoms with Gasteiger partial charge >= 0.3 is 5.69 Å². The van der Waals surface area contributed by atoms with Crippen molar-refractivity contribution in [1.82, 2.24) is 20.2 Å². The lowest BCUT2D eigenvalue weighted by Gasteiger charge is -2.04. The van der Waals surface area contributed by atoms with Crippen LogP contribution in [0.3, 0.4) is 0 Å². The van der Waals surface area contributed by atoms with Gasteiger partial charge in [0, 0.05) is 17.4 Å². The van der Waals surface area contributed by atoms with E-state index in [4.69, 9.17) is 0 Å². The van der Waals surface area contributed by atoms with Crippen molar-refractivity contribution >= 4 is 17.4 Å². The number of hydrogen-bond donors (Lipinski definition) is 0. The first-order chi connectivity index (χ1) is 9.66. The van der Waals surface area contributed by atoms with Crippen molar-refractivity contribution in [2.75, 3.05) is 0 Å². The van der Waals surface area contributed by atoms with Gasteiger partial charge in [0.1, 0.15) is 0 Å². The second kappa shape index (κ2) is 5.16. The second-order valence-electron chi connectivity index (χ2n) is 4.43. The maximum atomic E-state index is 13.9. The van der Waals surface area contributed by atoms with Crippen LogP contribution in [0.1, 0.15) is 24.4 Å².